The van der Waals surface area contributed by atoms with Gasteiger partial charge in [-0.05, 0) is 29.8 Å². The van der Waals surface area contributed by atoms with Gasteiger partial charge in [-0.2, -0.15) is 0 Å². The van der Waals surface area contributed by atoms with E-state index in [2.05, 4.69) is 4.90 Å². The Morgan fingerprint density at radius 2 is 1.47 bits per heavy atom. The minimum absolute atomic E-state index is 0.103. The summed E-state index contributed by atoms with van der Waals surface area (Å²) in [5, 5.41) is 0. The van der Waals surface area contributed by atoms with Gasteiger partial charge in [0.1, 0.15) is 11.6 Å². The van der Waals surface area contributed by atoms with Crippen LogP contribution in [-0.4, -0.2) is 54.3 Å². The monoisotopic (exact) mass is 432 g/mol. The summed E-state index contributed by atoms with van der Waals surface area (Å²) in [4.78, 5) is 29.5. The van der Waals surface area contributed by atoms with E-state index in [-0.39, 0.29) is 24.1 Å². The summed E-state index contributed by atoms with van der Waals surface area (Å²) in [7, 11) is 0. The Morgan fingerprint density at radius 1 is 0.812 bits per heavy atom. The van der Waals surface area contributed by atoms with E-state index >= 15 is 0 Å². The zero-order chi connectivity index (χ0) is 22.3. The van der Waals surface area contributed by atoms with Crippen molar-refractivity contribution in [1.29, 1.82) is 0 Å². The Balaban J connectivity index is 1.30. The fraction of sp³-hybridized carbons (Fsp3) is 0.231. The molecule has 3 aromatic carbocycles. The van der Waals surface area contributed by atoms with Crippen LogP contribution < -0.4 is 4.74 Å². The Kier molecular flexibility index (Phi) is 6.92. The summed E-state index contributed by atoms with van der Waals surface area (Å²) in [5.74, 6) is -0.0719. The molecule has 1 amide bonds. The molecule has 0 N–H and O–H groups in total. The van der Waals surface area contributed by atoms with E-state index in [1.165, 1.54) is 12.1 Å². The fourth-order valence-electron chi connectivity index (χ4n) is 3.76. The summed E-state index contributed by atoms with van der Waals surface area (Å²) in [5.41, 5.74) is 2.07. The normalized spacial score (nSPS) is 14.2. The molecule has 6 heteroatoms. The Morgan fingerprint density at radius 3 is 2.19 bits per heavy atom. The number of hydrogen-bond donors (Lipinski definition) is 0. The van der Waals surface area contributed by atoms with Crippen LogP contribution in [-0.2, 0) is 11.3 Å². The van der Waals surface area contributed by atoms with Crippen molar-refractivity contribution in [3.63, 3.8) is 0 Å². The van der Waals surface area contributed by atoms with Gasteiger partial charge in [0.15, 0.2) is 12.4 Å². The number of ketones is 1. The fourth-order valence-corrected chi connectivity index (χ4v) is 3.76. The minimum Gasteiger partial charge on any atom is -0.483 e. The summed E-state index contributed by atoms with van der Waals surface area (Å²) in [6, 6.07) is 22.5. The molecule has 0 bridgehead atoms. The maximum absolute atomic E-state index is 13.1. The standard InChI is InChI=1S/C26H25FN2O3/c27-22-12-10-20(11-13-22)18-28-14-16-29(17-15-28)25(30)19-32-24-9-5-4-8-23(24)26(31)21-6-2-1-3-7-21/h1-13H,14-19H2. The van der Waals surface area contributed by atoms with E-state index in [1.807, 2.05) is 18.2 Å². The first-order valence-electron chi connectivity index (χ1n) is 10.7. The lowest BCUT2D eigenvalue weighted by Gasteiger charge is -2.34. The molecular weight excluding hydrogens is 407 g/mol. The molecule has 0 unspecified atom stereocenters. The highest BCUT2D eigenvalue weighted by Gasteiger charge is 2.22. The molecule has 0 spiro atoms. The van der Waals surface area contributed by atoms with Crippen LogP contribution in [0, 0.1) is 5.82 Å². The summed E-state index contributed by atoms with van der Waals surface area (Å²) >= 11 is 0. The van der Waals surface area contributed by atoms with Crippen molar-refractivity contribution in [2.45, 2.75) is 6.54 Å². The maximum Gasteiger partial charge on any atom is 0.260 e. The highest BCUT2D eigenvalue weighted by molar-refractivity contribution is 6.10. The molecule has 5 nitrogen and oxygen atoms in total. The zero-order valence-electron chi connectivity index (χ0n) is 17.7. The van der Waals surface area contributed by atoms with E-state index < -0.39 is 0 Å². The number of para-hydroxylation sites is 1. The van der Waals surface area contributed by atoms with Crippen molar-refractivity contribution in [3.05, 3.63) is 101 Å². The number of hydrogen-bond acceptors (Lipinski definition) is 4. The molecule has 0 aliphatic carbocycles. The first-order valence-corrected chi connectivity index (χ1v) is 10.7. The van der Waals surface area contributed by atoms with E-state index in [1.54, 1.807) is 53.4 Å². The molecule has 0 saturated carbocycles. The maximum atomic E-state index is 13.1. The largest absolute Gasteiger partial charge is 0.483 e. The van der Waals surface area contributed by atoms with Gasteiger partial charge in [-0.3, -0.25) is 14.5 Å². The average molecular weight is 432 g/mol. The molecule has 32 heavy (non-hydrogen) atoms. The summed E-state index contributed by atoms with van der Waals surface area (Å²) < 4.78 is 18.8. The van der Waals surface area contributed by atoms with Crippen LogP contribution in [0.4, 0.5) is 4.39 Å². The molecule has 1 saturated heterocycles. The van der Waals surface area contributed by atoms with Gasteiger partial charge in [-0.1, -0.05) is 54.6 Å². The van der Waals surface area contributed by atoms with Crippen molar-refractivity contribution in [3.8, 4) is 5.75 Å². The van der Waals surface area contributed by atoms with Gasteiger partial charge in [0.25, 0.3) is 5.91 Å². The van der Waals surface area contributed by atoms with Gasteiger partial charge in [-0.15, -0.1) is 0 Å². The third-order valence-corrected chi connectivity index (χ3v) is 5.56. The number of ether oxygens (including phenoxy) is 1. The van der Waals surface area contributed by atoms with Crippen LogP contribution in [0.5, 0.6) is 5.75 Å². The van der Waals surface area contributed by atoms with E-state index in [0.717, 1.165) is 25.2 Å². The molecule has 1 aliphatic rings. The number of benzene rings is 3. The van der Waals surface area contributed by atoms with Crippen LogP contribution in [0.25, 0.3) is 0 Å². The third-order valence-electron chi connectivity index (χ3n) is 5.56. The van der Waals surface area contributed by atoms with Crippen LogP contribution in [0.15, 0.2) is 78.9 Å². The first kappa shape index (κ1) is 21.7. The van der Waals surface area contributed by atoms with Crippen LogP contribution in [0.2, 0.25) is 0 Å². The van der Waals surface area contributed by atoms with Crippen LogP contribution >= 0.6 is 0 Å². The van der Waals surface area contributed by atoms with Crippen molar-refractivity contribution in [1.82, 2.24) is 9.80 Å². The second kappa shape index (κ2) is 10.2. The van der Waals surface area contributed by atoms with Gasteiger partial charge in [0, 0.05) is 38.3 Å². The predicted octanol–water partition coefficient (Wildman–Crippen LogP) is 3.78. The number of halogens is 1. The quantitative estimate of drug-likeness (QED) is 0.533. The van der Waals surface area contributed by atoms with E-state index in [9.17, 15) is 14.0 Å². The number of carbonyl (C=O) groups excluding carboxylic acids is 2. The molecule has 1 aliphatic heterocycles. The molecule has 4 rings (SSSR count). The van der Waals surface area contributed by atoms with Gasteiger partial charge in [0.05, 0.1) is 5.56 Å². The van der Waals surface area contributed by atoms with Gasteiger partial charge < -0.3 is 9.64 Å². The van der Waals surface area contributed by atoms with Crippen molar-refractivity contribution in [2.75, 3.05) is 32.8 Å². The summed E-state index contributed by atoms with van der Waals surface area (Å²) in [6.07, 6.45) is 0. The summed E-state index contributed by atoms with van der Waals surface area (Å²) in [6.45, 7) is 3.31. The lowest BCUT2D eigenvalue weighted by molar-refractivity contribution is -0.135. The van der Waals surface area contributed by atoms with Crippen molar-refractivity contribution < 1.29 is 18.7 Å². The lowest BCUT2D eigenvalue weighted by Crippen LogP contribution is -2.49. The Labute approximate surface area is 187 Å². The molecule has 1 heterocycles. The van der Waals surface area contributed by atoms with Crippen molar-refractivity contribution >= 4 is 11.7 Å². The second-order valence-electron chi connectivity index (χ2n) is 7.76. The van der Waals surface area contributed by atoms with Crippen LogP contribution in [0.3, 0.4) is 0 Å². The first-order chi connectivity index (χ1) is 15.6. The molecular formula is C26H25FN2O3. The topological polar surface area (TPSA) is 49.9 Å². The second-order valence-corrected chi connectivity index (χ2v) is 7.76. The molecule has 3 aromatic rings. The predicted molar refractivity (Wildman–Crippen MR) is 120 cm³/mol. The molecule has 0 radical (unpaired) electrons. The number of piperazine rings is 1. The molecule has 1 fully saturated rings. The number of nitrogens with zero attached hydrogens (tertiary/aromatic N) is 2. The van der Waals surface area contributed by atoms with E-state index in [4.69, 9.17) is 4.74 Å². The Bertz CT molecular complexity index is 1060. The SMILES string of the molecule is O=C(c1ccccc1)c1ccccc1OCC(=O)N1CCN(Cc2ccc(F)cc2)CC1. The van der Waals surface area contributed by atoms with Gasteiger partial charge in [-0.25, -0.2) is 4.39 Å². The smallest absolute Gasteiger partial charge is 0.260 e. The zero-order valence-corrected chi connectivity index (χ0v) is 17.7. The van der Waals surface area contributed by atoms with Crippen molar-refractivity contribution in [2.24, 2.45) is 0 Å². The molecule has 0 atom stereocenters. The molecule has 164 valence electrons. The lowest BCUT2D eigenvalue weighted by atomic mass is 10.0. The third kappa shape index (κ3) is 5.39. The van der Waals surface area contributed by atoms with Gasteiger partial charge >= 0.3 is 0 Å². The number of amides is 1. The average Bonchev–Trinajstić information content (AvgIpc) is 2.85. The number of carbonyl (C=O) groups is 2. The highest BCUT2D eigenvalue weighted by Crippen LogP contribution is 2.22. The molecule has 0 aromatic heterocycles. The number of rotatable bonds is 7. The van der Waals surface area contributed by atoms with E-state index in [0.29, 0.717) is 30.0 Å². The highest BCUT2D eigenvalue weighted by atomic mass is 19.1. The Hall–Kier alpha value is -3.51. The van der Waals surface area contributed by atoms with Gasteiger partial charge in [0.2, 0.25) is 0 Å². The minimum atomic E-state index is -0.240. The van der Waals surface area contributed by atoms with Crippen LogP contribution in [0.1, 0.15) is 21.5 Å².